The van der Waals surface area contributed by atoms with E-state index < -0.39 is 17.2 Å². The third-order valence-corrected chi connectivity index (χ3v) is 4.53. The Balaban J connectivity index is 2.31. The molecule has 8 heteroatoms. The quantitative estimate of drug-likeness (QED) is 0.718. The number of amides is 1. The molecule has 0 aliphatic rings. The highest BCUT2D eigenvalue weighted by Gasteiger charge is 2.23. The van der Waals surface area contributed by atoms with Crippen molar-refractivity contribution in [2.24, 2.45) is 0 Å². The molecule has 0 atom stereocenters. The van der Waals surface area contributed by atoms with Gasteiger partial charge in [0, 0.05) is 13.1 Å². The monoisotopic (exact) mass is 388 g/mol. The number of ether oxygens (including phenoxy) is 1. The smallest absolute Gasteiger partial charge is 0.330 e. The maximum atomic E-state index is 12.8. The van der Waals surface area contributed by atoms with Gasteiger partial charge in [-0.3, -0.25) is 19.1 Å². The maximum Gasteiger partial charge on any atom is 0.330 e. The van der Waals surface area contributed by atoms with E-state index in [-0.39, 0.29) is 24.7 Å². The summed E-state index contributed by atoms with van der Waals surface area (Å²) in [6.07, 6.45) is 1.59. The van der Waals surface area contributed by atoms with Crippen molar-refractivity contribution >= 4 is 17.4 Å². The zero-order valence-corrected chi connectivity index (χ0v) is 16.9. The van der Waals surface area contributed by atoms with Crippen molar-refractivity contribution in [3.63, 3.8) is 0 Å². The number of likely N-dealkylation sites (N-methyl/N-ethyl adjacent to an activating group) is 1. The van der Waals surface area contributed by atoms with Crippen LogP contribution in [0.4, 0.5) is 11.5 Å². The molecular formula is C20H28N4O4. The third kappa shape index (κ3) is 4.62. The predicted molar refractivity (Wildman–Crippen MR) is 110 cm³/mol. The molecule has 0 aliphatic carbocycles. The predicted octanol–water partition coefficient (Wildman–Crippen LogP) is 1.97. The molecule has 8 nitrogen and oxygen atoms in total. The Morgan fingerprint density at radius 1 is 1.25 bits per heavy atom. The Morgan fingerprint density at radius 3 is 2.61 bits per heavy atom. The minimum absolute atomic E-state index is 0.0101. The second kappa shape index (κ2) is 9.25. The molecule has 0 radical (unpaired) electrons. The Kier molecular flexibility index (Phi) is 7.03. The van der Waals surface area contributed by atoms with E-state index in [2.05, 4.69) is 4.98 Å². The molecule has 152 valence electrons. The van der Waals surface area contributed by atoms with Crippen LogP contribution in [0.2, 0.25) is 0 Å². The van der Waals surface area contributed by atoms with Crippen LogP contribution in [0.1, 0.15) is 37.8 Å². The van der Waals surface area contributed by atoms with Crippen LogP contribution < -0.4 is 26.6 Å². The Bertz CT molecular complexity index is 962. The molecule has 0 aliphatic heterocycles. The van der Waals surface area contributed by atoms with Gasteiger partial charge < -0.3 is 15.4 Å². The van der Waals surface area contributed by atoms with Crippen LogP contribution in [0.25, 0.3) is 0 Å². The average Bonchev–Trinajstić information content (AvgIpc) is 2.65. The summed E-state index contributed by atoms with van der Waals surface area (Å²) in [4.78, 5) is 40.7. The molecule has 0 spiro atoms. The number of nitrogens with zero attached hydrogens (tertiary/aromatic N) is 2. The summed E-state index contributed by atoms with van der Waals surface area (Å²) >= 11 is 0. The molecule has 2 aromatic rings. The molecule has 0 fully saturated rings. The molecule has 1 amide bonds. The van der Waals surface area contributed by atoms with Crippen LogP contribution in [-0.4, -0.2) is 28.6 Å². The normalized spacial score (nSPS) is 10.7. The first-order chi connectivity index (χ1) is 13.3. The van der Waals surface area contributed by atoms with Gasteiger partial charge in [-0.2, -0.15) is 0 Å². The largest absolute Gasteiger partial charge is 0.483 e. The van der Waals surface area contributed by atoms with E-state index in [1.165, 1.54) is 9.47 Å². The van der Waals surface area contributed by atoms with E-state index in [0.29, 0.717) is 12.3 Å². The SMILES string of the molecule is CCCCn1c(N)c(N(CC)C(=O)COc2cc(C)ccc2C)c(=O)[nH]c1=O. The number of nitrogen functional groups attached to an aromatic ring is 1. The van der Waals surface area contributed by atoms with E-state index in [4.69, 9.17) is 10.5 Å². The molecule has 0 saturated carbocycles. The number of benzene rings is 1. The molecule has 0 saturated heterocycles. The number of aromatic amines is 1. The van der Waals surface area contributed by atoms with Crippen molar-refractivity contribution in [3.05, 3.63) is 50.2 Å². The molecule has 1 aromatic heterocycles. The highest BCUT2D eigenvalue weighted by Crippen LogP contribution is 2.21. The number of aromatic nitrogens is 2. The van der Waals surface area contributed by atoms with Gasteiger partial charge in [-0.15, -0.1) is 0 Å². The minimum Gasteiger partial charge on any atom is -0.483 e. The summed E-state index contributed by atoms with van der Waals surface area (Å²) in [7, 11) is 0. The van der Waals surface area contributed by atoms with E-state index >= 15 is 0 Å². The van der Waals surface area contributed by atoms with Gasteiger partial charge >= 0.3 is 5.69 Å². The average molecular weight is 388 g/mol. The number of hydrogen-bond donors (Lipinski definition) is 2. The fraction of sp³-hybridized carbons (Fsp3) is 0.450. The summed E-state index contributed by atoms with van der Waals surface area (Å²) in [5.41, 5.74) is 6.75. The maximum absolute atomic E-state index is 12.8. The summed E-state index contributed by atoms with van der Waals surface area (Å²) < 4.78 is 6.96. The molecule has 1 heterocycles. The van der Waals surface area contributed by atoms with Gasteiger partial charge in [-0.1, -0.05) is 25.5 Å². The lowest BCUT2D eigenvalue weighted by Crippen LogP contribution is -2.42. The number of nitrogens with two attached hydrogens (primary N) is 1. The number of rotatable bonds is 8. The number of anilines is 2. The van der Waals surface area contributed by atoms with Gasteiger partial charge in [0.25, 0.3) is 11.5 Å². The van der Waals surface area contributed by atoms with Gasteiger partial charge in [0.2, 0.25) is 0 Å². The number of unbranched alkanes of at least 4 members (excludes halogenated alkanes) is 1. The fourth-order valence-corrected chi connectivity index (χ4v) is 2.92. The van der Waals surface area contributed by atoms with Crippen molar-refractivity contribution in [1.82, 2.24) is 9.55 Å². The van der Waals surface area contributed by atoms with Crippen molar-refractivity contribution in [1.29, 1.82) is 0 Å². The van der Waals surface area contributed by atoms with Crippen LogP contribution in [-0.2, 0) is 11.3 Å². The van der Waals surface area contributed by atoms with E-state index in [9.17, 15) is 14.4 Å². The Hall–Kier alpha value is -3.03. The van der Waals surface area contributed by atoms with Crippen molar-refractivity contribution in [3.8, 4) is 5.75 Å². The summed E-state index contributed by atoms with van der Waals surface area (Å²) in [5.74, 6) is 0.185. The van der Waals surface area contributed by atoms with E-state index in [0.717, 1.165) is 24.0 Å². The second-order valence-corrected chi connectivity index (χ2v) is 6.69. The second-order valence-electron chi connectivity index (χ2n) is 6.69. The molecular weight excluding hydrogens is 360 g/mol. The van der Waals surface area contributed by atoms with E-state index in [1.807, 2.05) is 39.0 Å². The molecule has 0 unspecified atom stereocenters. The summed E-state index contributed by atoms with van der Waals surface area (Å²) in [6, 6.07) is 5.73. The molecule has 28 heavy (non-hydrogen) atoms. The number of nitrogens with one attached hydrogen (secondary N) is 1. The molecule has 3 N–H and O–H groups in total. The lowest BCUT2D eigenvalue weighted by molar-refractivity contribution is -0.120. The number of H-pyrrole nitrogens is 1. The summed E-state index contributed by atoms with van der Waals surface area (Å²) in [6.45, 7) is 7.89. The fourth-order valence-electron chi connectivity index (χ4n) is 2.92. The van der Waals surface area contributed by atoms with Gasteiger partial charge in [0.05, 0.1) is 0 Å². The number of carbonyl (C=O) groups is 1. The van der Waals surface area contributed by atoms with Crippen LogP contribution in [0, 0.1) is 13.8 Å². The first-order valence-electron chi connectivity index (χ1n) is 9.43. The van der Waals surface area contributed by atoms with Gasteiger partial charge in [0.1, 0.15) is 11.6 Å². The van der Waals surface area contributed by atoms with Gasteiger partial charge in [-0.25, -0.2) is 4.79 Å². The summed E-state index contributed by atoms with van der Waals surface area (Å²) in [5, 5.41) is 0. The number of aryl methyl sites for hydroxylation is 2. The first kappa shape index (κ1) is 21.3. The highest BCUT2D eigenvalue weighted by atomic mass is 16.5. The van der Waals surface area contributed by atoms with Crippen LogP contribution in [0.15, 0.2) is 27.8 Å². The minimum atomic E-state index is -0.683. The molecule has 1 aromatic carbocycles. The number of carbonyl (C=O) groups excluding carboxylic acids is 1. The zero-order chi connectivity index (χ0) is 20.8. The van der Waals surface area contributed by atoms with Gasteiger partial charge in [0.15, 0.2) is 12.3 Å². The molecule has 0 bridgehead atoms. The Morgan fingerprint density at radius 2 is 1.96 bits per heavy atom. The number of hydrogen-bond acceptors (Lipinski definition) is 5. The van der Waals surface area contributed by atoms with E-state index in [1.54, 1.807) is 6.92 Å². The lowest BCUT2D eigenvalue weighted by Gasteiger charge is -2.23. The van der Waals surface area contributed by atoms with Crippen LogP contribution in [0.5, 0.6) is 5.75 Å². The van der Waals surface area contributed by atoms with Crippen molar-refractivity contribution in [2.75, 3.05) is 23.8 Å². The first-order valence-corrected chi connectivity index (χ1v) is 9.43. The van der Waals surface area contributed by atoms with Crippen molar-refractivity contribution < 1.29 is 9.53 Å². The van der Waals surface area contributed by atoms with Crippen LogP contribution >= 0.6 is 0 Å². The van der Waals surface area contributed by atoms with Gasteiger partial charge in [-0.05, 0) is 44.4 Å². The Labute approximate surface area is 163 Å². The van der Waals surface area contributed by atoms with Crippen LogP contribution in [0.3, 0.4) is 0 Å². The zero-order valence-electron chi connectivity index (χ0n) is 16.9. The topological polar surface area (TPSA) is 110 Å². The highest BCUT2D eigenvalue weighted by molar-refractivity contribution is 5.96. The molecule has 2 rings (SSSR count). The standard InChI is InChI=1S/C20H28N4O4/c1-5-7-10-24-18(21)17(19(26)22-20(24)27)23(6-2)16(25)12-28-15-11-13(3)8-9-14(15)4/h8-9,11H,5-7,10,12,21H2,1-4H3,(H,22,26,27). The third-order valence-electron chi connectivity index (χ3n) is 4.53. The lowest BCUT2D eigenvalue weighted by atomic mass is 10.1. The van der Waals surface area contributed by atoms with Crippen molar-refractivity contribution in [2.45, 2.75) is 47.1 Å².